The smallest absolute Gasteiger partial charge is 0.271 e. The average molecular weight is 429 g/mol. The van der Waals surface area contributed by atoms with Crippen molar-refractivity contribution in [1.29, 1.82) is 0 Å². The van der Waals surface area contributed by atoms with Crippen molar-refractivity contribution in [3.8, 4) is 11.3 Å². The van der Waals surface area contributed by atoms with Crippen molar-refractivity contribution in [3.05, 3.63) is 76.7 Å². The molecule has 2 heterocycles. The van der Waals surface area contributed by atoms with E-state index in [1.54, 1.807) is 29.2 Å². The largest absolute Gasteiger partial charge is 0.394 e. The Kier molecular flexibility index (Phi) is 6.13. The van der Waals surface area contributed by atoms with Gasteiger partial charge in [-0.3, -0.25) is 14.8 Å². The molecule has 1 atom stereocenters. The Balaban J connectivity index is 1.40. The number of nitrogens with one attached hydrogen (secondary N) is 1. The second-order valence-electron chi connectivity index (χ2n) is 7.26. The second-order valence-corrected chi connectivity index (χ2v) is 7.69. The Morgan fingerprint density at radius 3 is 2.53 bits per heavy atom. The molecule has 2 N–H and O–H groups in total. The first-order valence-corrected chi connectivity index (χ1v) is 10.1. The maximum atomic E-state index is 13.1. The molecule has 1 aromatic heterocycles. The Morgan fingerprint density at radius 1 is 1.13 bits per heavy atom. The van der Waals surface area contributed by atoms with Crippen molar-refractivity contribution in [3.63, 3.8) is 0 Å². The molecular formula is C22H22ClFN4O2. The van der Waals surface area contributed by atoms with Crippen LogP contribution in [0.2, 0.25) is 5.02 Å². The van der Waals surface area contributed by atoms with Crippen molar-refractivity contribution in [2.75, 3.05) is 32.8 Å². The molecule has 6 nitrogen and oxygen atoms in total. The van der Waals surface area contributed by atoms with Crippen LogP contribution in [0.3, 0.4) is 0 Å². The normalized spacial score (nSPS) is 15.9. The lowest BCUT2D eigenvalue weighted by Crippen LogP contribution is -2.50. The number of piperazine rings is 1. The lowest BCUT2D eigenvalue weighted by Gasteiger charge is -2.38. The quantitative estimate of drug-likeness (QED) is 0.653. The number of carbonyl (C=O) groups excluding carboxylic acids is 1. The molecule has 2 aromatic carbocycles. The predicted molar refractivity (Wildman–Crippen MR) is 113 cm³/mol. The van der Waals surface area contributed by atoms with Crippen molar-refractivity contribution >= 4 is 17.5 Å². The fourth-order valence-corrected chi connectivity index (χ4v) is 3.95. The highest BCUT2D eigenvalue weighted by molar-refractivity contribution is 6.30. The molecule has 0 spiro atoms. The molecule has 3 aromatic rings. The second kappa shape index (κ2) is 8.95. The molecule has 0 aliphatic carbocycles. The molecule has 0 unspecified atom stereocenters. The van der Waals surface area contributed by atoms with Gasteiger partial charge in [-0.2, -0.15) is 5.10 Å². The number of halogens is 2. The van der Waals surface area contributed by atoms with E-state index in [-0.39, 0.29) is 24.4 Å². The van der Waals surface area contributed by atoms with Crippen molar-refractivity contribution in [1.82, 2.24) is 20.0 Å². The first-order chi connectivity index (χ1) is 14.5. The molecule has 156 valence electrons. The number of aliphatic hydroxyl groups is 1. The minimum absolute atomic E-state index is 0.0180. The third kappa shape index (κ3) is 4.38. The van der Waals surface area contributed by atoms with E-state index < -0.39 is 0 Å². The van der Waals surface area contributed by atoms with Crippen molar-refractivity contribution < 1.29 is 14.3 Å². The van der Waals surface area contributed by atoms with Gasteiger partial charge < -0.3 is 10.0 Å². The van der Waals surface area contributed by atoms with Crippen LogP contribution < -0.4 is 0 Å². The molecule has 1 aliphatic rings. The van der Waals surface area contributed by atoms with Gasteiger partial charge in [-0.1, -0.05) is 23.7 Å². The molecule has 8 heteroatoms. The summed E-state index contributed by atoms with van der Waals surface area (Å²) < 4.78 is 13.1. The highest BCUT2D eigenvalue weighted by Crippen LogP contribution is 2.25. The number of aromatic nitrogens is 2. The van der Waals surface area contributed by atoms with Crippen LogP contribution in [0.25, 0.3) is 11.3 Å². The molecule has 1 fully saturated rings. The summed E-state index contributed by atoms with van der Waals surface area (Å²) >= 11 is 6.09. The number of H-pyrrole nitrogens is 1. The number of hydrogen-bond donors (Lipinski definition) is 2. The molecule has 1 aliphatic heterocycles. The zero-order valence-corrected chi connectivity index (χ0v) is 17.0. The molecule has 0 bridgehead atoms. The number of hydrogen-bond acceptors (Lipinski definition) is 4. The van der Waals surface area contributed by atoms with Crippen LogP contribution in [0.15, 0.2) is 54.6 Å². The lowest BCUT2D eigenvalue weighted by atomic mass is 10.0. The van der Waals surface area contributed by atoms with Gasteiger partial charge >= 0.3 is 0 Å². The molecule has 0 radical (unpaired) electrons. The topological polar surface area (TPSA) is 72.5 Å². The number of amides is 1. The van der Waals surface area contributed by atoms with Gasteiger partial charge in [-0.25, -0.2) is 4.39 Å². The Labute approximate surface area is 178 Å². The Bertz CT molecular complexity index is 1020. The summed E-state index contributed by atoms with van der Waals surface area (Å²) in [7, 11) is 0. The van der Waals surface area contributed by atoms with Gasteiger partial charge in [0.2, 0.25) is 0 Å². The van der Waals surface area contributed by atoms with E-state index in [9.17, 15) is 14.3 Å². The Morgan fingerprint density at radius 2 is 1.87 bits per heavy atom. The summed E-state index contributed by atoms with van der Waals surface area (Å²) in [4.78, 5) is 16.8. The summed E-state index contributed by atoms with van der Waals surface area (Å²) in [5.74, 6) is -0.443. The molecule has 4 rings (SSSR count). The number of carbonyl (C=O) groups is 1. The van der Waals surface area contributed by atoms with E-state index >= 15 is 0 Å². The number of aromatic amines is 1. The monoisotopic (exact) mass is 428 g/mol. The predicted octanol–water partition coefficient (Wildman–Crippen LogP) is 3.36. The van der Waals surface area contributed by atoms with Crippen LogP contribution in [0, 0.1) is 5.82 Å². The van der Waals surface area contributed by atoms with E-state index in [2.05, 4.69) is 15.1 Å². The summed E-state index contributed by atoms with van der Waals surface area (Å²) in [6.07, 6.45) is 0. The van der Waals surface area contributed by atoms with E-state index in [1.807, 2.05) is 18.2 Å². The number of rotatable bonds is 5. The third-order valence-electron chi connectivity index (χ3n) is 5.40. The lowest BCUT2D eigenvalue weighted by molar-refractivity contribution is 0.0473. The van der Waals surface area contributed by atoms with Crippen molar-refractivity contribution in [2.45, 2.75) is 6.04 Å². The van der Waals surface area contributed by atoms with Gasteiger partial charge in [0.05, 0.1) is 18.3 Å². The van der Waals surface area contributed by atoms with Crippen LogP contribution in [0.4, 0.5) is 4.39 Å². The highest BCUT2D eigenvalue weighted by Gasteiger charge is 2.28. The zero-order valence-electron chi connectivity index (χ0n) is 16.3. The molecular weight excluding hydrogens is 407 g/mol. The summed E-state index contributed by atoms with van der Waals surface area (Å²) in [6, 6.07) is 15.0. The molecule has 1 amide bonds. The standard InChI is InChI=1S/C22H22ClFN4O2/c23-17-3-1-2-16(12-17)21(14-29)27-8-10-28(11-9-27)22(30)20-13-19(25-26-20)15-4-6-18(24)7-5-15/h1-7,12-13,21,29H,8-11,14H2,(H,25,26)/t21-/m0/s1. The fraction of sp³-hybridized carbons (Fsp3) is 0.273. The van der Waals surface area contributed by atoms with Crippen LogP contribution >= 0.6 is 11.6 Å². The van der Waals surface area contributed by atoms with Crippen LogP contribution in [0.1, 0.15) is 22.1 Å². The van der Waals surface area contributed by atoms with Gasteiger partial charge in [0.15, 0.2) is 0 Å². The summed E-state index contributed by atoms with van der Waals surface area (Å²) in [6.45, 7) is 2.35. The number of nitrogens with zero attached hydrogens (tertiary/aromatic N) is 3. The summed E-state index contributed by atoms with van der Waals surface area (Å²) in [5.41, 5.74) is 2.70. The van der Waals surface area contributed by atoms with Gasteiger partial charge in [0.1, 0.15) is 11.5 Å². The van der Waals surface area contributed by atoms with E-state index in [4.69, 9.17) is 11.6 Å². The van der Waals surface area contributed by atoms with Crippen molar-refractivity contribution in [2.24, 2.45) is 0 Å². The SMILES string of the molecule is O=C(c1cc(-c2ccc(F)cc2)n[nH]1)N1CCN([C@@H](CO)c2cccc(Cl)c2)CC1. The third-order valence-corrected chi connectivity index (χ3v) is 5.63. The summed E-state index contributed by atoms with van der Waals surface area (Å²) in [5, 5.41) is 17.5. The minimum Gasteiger partial charge on any atom is -0.394 e. The first kappa shape index (κ1) is 20.5. The number of aliphatic hydroxyl groups excluding tert-OH is 1. The zero-order chi connectivity index (χ0) is 21.1. The van der Waals surface area contributed by atoms with Crippen LogP contribution in [-0.4, -0.2) is 63.8 Å². The molecule has 30 heavy (non-hydrogen) atoms. The van der Waals surface area contributed by atoms with Crippen LogP contribution in [0.5, 0.6) is 0 Å². The van der Waals surface area contributed by atoms with Gasteiger partial charge in [0, 0.05) is 36.8 Å². The molecule has 0 saturated carbocycles. The maximum Gasteiger partial charge on any atom is 0.271 e. The van der Waals surface area contributed by atoms with E-state index in [0.29, 0.717) is 42.6 Å². The average Bonchev–Trinajstić information content (AvgIpc) is 3.25. The molecule has 1 saturated heterocycles. The number of benzene rings is 2. The van der Waals surface area contributed by atoms with Gasteiger partial charge in [0.25, 0.3) is 5.91 Å². The minimum atomic E-state index is -0.317. The van der Waals surface area contributed by atoms with E-state index in [1.165, 1.54) is 12.1 Å². The fourth-order valence-electron chi connectivity index (χ4n) is 3.75. The highest BCUT2D eigenvalue weighted by atomic mass is 35.5. The Hall–Kier alpha value is -2.74. The van der Waals surface area contributed by atoms with Crippen LogP contribution in [-0.2, 0) is 0 Å². The first-order valence-electron chi connectivity index (χ1n) is 9.76. The van der Waals surface area contributed by atoms with Gasteiger partial charge in [-0.05, 0) is 48.0 Å². The van der Waals surface area contributed by atoms with E-state index in [0.717, 1.165) is 11.1 Å². The maximum absolute atomic E-state index is 13.1. The van der Waals surface area contributed by atoms with Gasteiger partial charge in [-0.15, -0.1) is 0 Å².